The van der Waals surface area contributed by atoms with Crippen molar-refractivity contribution in [3.05, 3.63) is 23.8 Å². The first-order valence-corrected chi connectivity index (χ1v) is 8.80. The summed E-state index contributed by atoms with van der Waals surface area (Å²) in [5.74, 6) is 0. The van der Waals surface area contributed by atoms with Gasteiger partial charge in [0, 0.05) is 37.6 Å². The van der Waals surface area contributed by atoms with Gasteiger partial charge in [0.1, 0.15) is 0 Å². The Bertz CT molecular complexity index is 525. The highest BCUT2D eigenvalue weighted by atomic mass is 32.2. The van der Waals surface area contributed by atoms with Crippen molar-refractivity contribution < 1.29 is 8.42 Å². The Hall–Kier alpha value is -1.27. The number of benzene rings is 1. The van der Waals surface area contributed by atoms with Crippen LogP contribution in [0.1, 0.15) is 19.4 Å². The van der Waals surface area contributed by atoms with E-state index < -0.39 is 10.0 Å². The van der Waals surface area contributed by atoms with Crippen molar-refractivity contribution in [1.29, 1.82) is 0 Å². The molecule has 0 aliphatic rings. The van der Waals surface area contributed by atoms with Crippen molar-refractivity contribution in [3.63, 3.8) is 0 Å². The first-order valence-electron chi connectivity index (χ1n) is 6.91. The van der Waals surface area contributed by atoms with E-state index in [9.17, 15) is 8.42 Å². The molecular weight excluding hydrogens is 274 g/mol. The maximum absolute atomic E-state index is 11.0. The summed E-state index contributed by atoms with van der Waals surface area (Å²) in [4.78, 5) is 2.29. The Morgan fingerprint density at radius 1 is 1.15 bits per heavy atom. The molecule has 2 N–H and O–H groups in total. The van der Waals surface area contributed by atoms with Crippen LogP contribution >= 0.6 is 0 Å². The third-order valence-corrected chi connectivity index (χ3v) is 3.87. The molecule has 6 heteroatoms. The Balaban J connectivity index is 2.60. The van der Waals surface area contributed by atoms with Crippen molar-refractivity contribution in [1.82, 2.24) is 4.72 Å². The van der Waals surface area contributed by atoms with E-state index in [-0.39, 0.29) is 0 Å². The molecule has 0 aliphatic carbocycles. The Morgan fingerprint density at radius 3 is 2.30 bits per heavy atom. The monoisotopic (exact) mass is 299 g/mol. The lowest BCUT2D eigenvalue weighted by Crippen LogP contribution is -2.27. The van der Waals surface area contributed by atoms with E-state index in [0.717, 1.165) is 30.6 Å². The molecule has 0 amide bonds. The van der Waals surface area contributed by atoms with Crippen LogP contribution in [0.2, 0.25) is 0 Å². The van der Waals surface area contributed by atoms with Crippen LogP contribution in [0.4, 0.5) is 11.4 Å². The van der Waals surface area contributed by atoms with E-state index in [0.29, 0.717) is 13.1 Å². The second-order valence-corrected chi connectivity index (χ2v) is 6.60. The van der Waals surface area contributed by atoms with E-state index in [1.807, 2.05) is 6.07 Å². The SMILES string of the molecule is CCN(CC)c1ccc(NCCNS(C)(=O)=O)c(C)c1. The van der Waals surface area contributed by atoms with Gasteiger partial charge in [0.25, 0.3) is 0 Å². The van der Waals surface area contributed by atoms with E-state index in [1.54, 1.807) is 0 Å². The predicted molar refractivity (Wildman–Crippen MR) is 86.1 cm³/mol. The number of sulfonamides is 1. The number of aryl methyl sites for hydroxylation is 1. The van der Waals surface area contributed by atoms with Gasteiger partial charge in [-0.25, -0.2) is 13.1 Å². The Morgan fingerprint density at radius 2 is 1.80 bits per heavy atom. The standard InChI is InChI=1S/C14H25N3O2S/c1-5-17(6-2)13-7-8-14(12(3)11-13)15-9-10-16-20(4,18)19/h7-8,11,15-16H,5-6,9-10H2,1-4H3. The number of nitrogens with one attached hydrogen (secondary N) is 2. The van der Waals surface area contributed by atoms with Crippen LogP contribution in [-0.2, 0) is 10.0 Å². The molecule has 0 heterocycles. The molecule has 5 nitrogen and oxygen atoms in total. The molecule has 0 radical (unpaired) electrons. The van der Waals surface area contributed by atoms with E-state index >= 15 is 0 Å². The van der Waals surface area contributed by atoms with Gasteiger partial charge < -0.3 is 10.2 Å². The number of anilines is 2. The smallest absolute Gasteiger partial charge is 0.208 e. The van der Waals surface area contributed by atoms with E-state index in [4.69, 9.17) is 0 Å². The molecule has 0 atom stereocenters. The van der Waals surface area contributed by atoms with Gasteiger partial charge in [0.05, 0.1) is 6.26 Å². The maximum Gasteiger partial charge on any atom is 0.208 e. The molecule has 20 heavy (non-hydrogen) atoms. The minimum absolute atomic E-state index is 0.385. The minimum atomic E-state index is -3.11. The molecule has 1 aromatic carbocycles. The largest absolute Gasteiger partial charge is 0.384 e. The molecule has 0 unspecified atom stereocenters. The van der Waals surface area contributed by atoms with Gasteiger partial charge in [-0.15, -0.1) is 0 Å². The summed E-state index contributed by atoms with van der Waals surface area (Å²) in [7, 11) is -3.11. The van der Waals surface area contributed by atoms with Crippen molar-refractivity contribution in [2.75, 3.05) is 42.7 Å². The number of hydrogen-bond donors (Lipinski definition) is 2. The lowest BCUT2D eigenvalue weighted by molar-refractivity contribution is 0.589. The maximum atomic E-state index is 11.0. The summed E-state index contributed by atoms with van der Waals surface area (Å²) in [6.45, 7) is 9.26. The second-order valence-electron chi connectivity index (χ2n) is 4.76. The summed E-state index contributed by atoms with van der Waals surface area (Å²) in [6, 6.07) is 6.29. The molecule has 1 rings (SSSR count). The highest BCUT2D eigenvalue weighted by Crippen LogP contribution is 2.22. The first kappa shape index (κ1) is 16.8. The summed E-state index contributed by atoms with van der Waals surface area (Å²) >= 11 is 0. The molecule has 0 saturated heterocycles. The fourth-order valence-corrected chi connectivity index (χ4v) is 2.54. The van der Waals surface area contributed by atoms with Gasteiger partial charge in [0.2, 0.25) is 10.0 Å². The fourth-order valence-electron chi connectivity index (χ4n) is 2.07. The molecule has 1 aromatic rings. The summed E-state index contributed by atoms with van der Waals surface area (Å²) < 4.78 is 24.4. The average Bonchev–Trinajstić information content (AvgIpc) is 2.37. The lowest BCUT2D eigenvalue weighted by Gasteiger charge is -2.22. The van der Waals surface area contributed by atoms with Crippen LogP contribution in [0.25, 0.3) is 0 Å². The van der Waals surface area contributed by atoms with Crippen molar-refractivity contribution >= 4 is 21.4 Å². The Kier molecular flexibility index (Phi) is 6.29. The molecule has 0 aromatic heterocycles. The third kappa shape index (κ3) is 5.38. The third-order valence-electron chi connectivity index (χ3n) is 3.14. The zero-order valence-corrected chi connectivity index (χ0v) is 13.5. The highest BCUT2D eigenvalue weighted by molar-refractivity contribution is 7.88. The van der Waals surface area contributed by atoms with Crippen LogP contribution in [0.5, 0.6) is 0 Å². The normalized spacial score (nSPS) is 11.4. The topological polar surface area (TPSA) is 61.4 Å². The van der Waals surface area contributed by atoms with Crippen molar-refractivity contribution in [2.45, 2.75) is 20.8 Å². The molecule has 0 spiro atoms. The van der Waals surface area contributed by atoms with Crippen LogP contribution in [0.15, 0.2) is 18.2 Å². The van der Waals surface area contributed by atoms with Gasteiger partial charge in [-0.2, -0.15) is 0 Å². The van der Waals surface area contributed by atoms with Gasteiger partial charge in [-0.1, -0.05) is 0 Å². The fraction of sp³-hybridized carbons (Fsp3) is 0.571. The summed E-state index contributed by atoms with van der Waals surface area (Å²) in [5, 5.41) is 3.24. The molecule has 0 aliphatic heterocycles. The molecule has 0 fully saturated rings. The molecule has 0 saturated carbocycles. The van der Waals surface area contributed by atoms with Crippen LogP contribution < -0.4 is 14.9 Å². The van der Waals surface area contributed by atoms with E-state index in [1.165, 1.54) is 5.69 Å². The minimum Gasteiger partial charge on any atom is -0.384 e. The predicted octanol–water partition coefficient (Wildman–Crippen LogP) is 1.80. The zero-order chi connectivity index (χ0) is 15.2. The van der Waals surface area contributed by atoms with Gasteiger partial charge in [-0.05, 0) is 44.5 Å². The van der Waals surface area contributed by atoms with Crippen LogP contribution in [0.3, 0.4) is 0 Å². The number of rotatable bonds is 8. The summed E-state index contributed by atoms with van der Waals surface area (Å²) in [5.41, 5.74) is 3.41. The highest BCUT2D eigenvalue weighted by Gasteiger charge is 2.05. The molecule has 114 valence electrons. The second kappa shape index (κ2) is 7.50. The van der Waals surface area contributed by atoms with Crippen molar-refractivity contribution in [2.24, 2.45) is 0 Å². The lowest BCUT2D eigenvalue weighted by atomic mass is 10.1. The molecule has 0 bridgehead atoms. The van der Waals surface area contributed by atoms with E-state index in [2.05, 4.69) is 47.8 Å². The number of hydrogen-bond acceptors (Lipinski definition) is 4. The van der Waals surface area contributed by atoms with Gasteiger partial charge >= 0.3 is 0 Å². The quantitative estimate of drug-likeness (QED) is 0.719. The number of nitrogens with zero attached hydrogens (tertiary/aromatic N) is 1. The van der Waals surface area contributed by atoms with Gasteiger partial charge in [-0.3, -0.25) is 0 Å². The van der Waals surface area contributed by atoms with Crippen molar-refractivity contribution in [3.8, 4) is 0 Å². The van der Waals surface area contributed by atoms with Crippen LogP contribution in [-0.4, -0.2) is 40.9 Å². The van der Waals surface area contributed by atoms with Gasteiger partial charge in [0.15, 0.2) is 0 Å². The van der Waals surface area contributed by atoms with Crippen LogP contribution in [0, 0.1) is 6.92 Å². The zero-order valence-electron chi connectivity index (χ0n) is 12.7. The average molecular weight is 299 g/mol. The first-order chi connectivity index (χ1) is 9.37. The molecular formula is C14H25N3O2S. The summed E-state index contributed by atoms with van der Waals surface area (Å²) in [6.07, 6.45) is 1.16. The Labute approximate surface area is 122 Å².